The minimum absolute atomic E-state index is 0.0841. The van der Waals surface area contributed by atoms with Crippen molar-refractivity contribution in [1.29, 1.82) is 5.41 Å². The maximum Gasteiger partial charge on any atom is 0.250 e. The fraction of sp³-hybridized carbons (Fsp3) is 0.222. The Morgan fingerprint density at radius 3 is 2.65 bits per heavy atom. The van der Waals surface area contributed by atoms with Gasteiger partial charge in [0.1, 0.15) is 5.82 Å². The minimum atomic E-state index is -0.914. The summed E-state index contributed by atoms with van der Waals surface area (Å²) in [5.41, 5.74) is 2.81. The molecule has 0 fully saturated rings. The van der Waals surface area contributed by atoms with Crippen LogP contribution in [0.4, 0.5) is 5.82 Å². The monoisotopic (exact) mass is 517 g/mol. The Kier molecular flexibility index (Phi) is 7.66. The second-order valence-electron chi connectivity index (χ2n) is 9.30. The number of aryl methyl sites for hydroxylation is 1. The van der Waals surface area contributed by atoms with Crippen LogP contribution in [0.3, 0.4) is 0 Å². The Morgan fingerprint density at radius 1 is 1.16 bits per heavy atom. The molecule has 1 aromatic carbocycles. The highest BCUT2D eigenvalue weighted by molar-refractivity contribution is 6.30. The van der Waals surface area contributed by atoms with E-state index in [2.05, 4.69) is 15.6 Å². The number of anilines is 1. The van der Waals surface area contributed by atoms with Gasteiger partial charge in [0.05, 0.1) is 21.7 Å². The van der Waals surface area contributed by atoms with E-state index in [1.807, 2.05) is 24.3 Å². The van der Waals surface area contributed by atoms with Crippen LogP contribution in [0.1, 0.15) is 25.2 Å². The number of nitrogens with zero attached hydrogens (tertiary/aromatic N) is 4. The third-order valence-electron chi connectivity index (χ3n) is 5.54. The predicted molar refractivity (Wildman–Crippen MR) is 148 cm³/mol. The van der Waals surface area contributed by atoms with Crippen molar-refractivity contribution in [3.8, 4) is 11.1 Å². The van der Waals surface area contributed by atoms with Gasteiger partial charge >= 0.3 is 0 Å². The van der Waals surface area contributed by atoms with Crippen molar-refractivity contribution < 1.29 is 5.11 Å². The summed E-state index contributed by atoms with van der Waals surface area (Å²) in [6.45, 7) is 4.11. The molecule has 0 aliphatic carbocycles. The van der Waals surface area contributed by atoms with Crippen molar-refractivity contribution in [2.45, 2.75) is 26.0 Å². The Balaban J connectivity index is 1.78. The van der Waals surface area contributed by atoms with Crippen LogP contribution in [-0.2, 0) is 13.6 Å². The molecule has 0 aliphatic heterocycles. The smallest absolute Gasteiger partial charge is 0.250 e. The van der Waals surface area contributed by atoms with Gasteiger partial charge in [-0.05, 0) is 54.8 Å². The van der Waals surface area contributed by atoms with Crippen molar-refractivity contribution in [1.82, 2.24) is 24.8 Å². The van der Waals surface area contributed by atoms with Gasteiger partial charge in [0, 0.05) is 62.6 Å². The highest BCUT2D eigenvalue weighted by Gasteiger charge is 2.14. The van der Waals surface area contributed by atoms with Gasteiger partial charge in [-0.1, -0.05) is 17.7 Å². The average molecular weight is 518 g/mol. The molecule has 10 heteroatoms. The zero-order chi connectivity index (χ0) is 26.6. The van der Waals surface area contributed by atoms with Crippen molar-refractivity contribution in [3.05, 3.63) is 88.0 Å². The number of rotatable bonds is 9. The number of nitrogens with one attached hydrogen (secondary N) is 3. The van der Waals surface area contributed by atoms with Gasteiger partial charge in [-0.15, -0.1) is 0 Å². The maximum atomic E-state index is 11.8. The number of hydrogen-bond donors (Lipinski definition) is 4. The quantitative estimate of drug-likeness (QED) is 0.247. The van der Waals surface area contributed by atoms with Gasteiger partial charge in [0.15, 0.2) is 5.82 Å². The highest BCUT2D eigenvalue weighted by Crippen LogP contribution is 2.28. The van der Waals surface area contributed by atoms with Gasteiger partial charge in [-0.2, -0.15) is 0 Å². The van der Waals surface area contributed by atoms with Gasteiger partial charge in [-0.3, -0.25) is 9.78 Å². The van der Waals surface area contributed by atoms with E-state index in [-0.39, 0.29) is 5.56 Å². The van der Waals surface area contributed by atoms with Gasteiger partial charge < -0.3 is 25.7 Å². The van der Waals surface area contributed by atoms with E-state index in [1.165, 1.54) is 16.8 Å². The summed E-state index contributed by atoms with van der Waals surface area (Å²) in [5.74, 6) is 0.925. The molecule has 3 heterocycles. The molecule has 0 atom stereocenters. The summed E-state index contributed by atoms with van der Waals surface area (Å²) in [4.78, 5) is 25.4. The third-order valence-corrected chi connectivity index (χ3v) is 5.75. The molecule has 190 valence electrons. The first-order valence-corrected chi connectivity index (χ1v) is 12.0. The largest absolute Gasteiger partial charge is 0.389 e. The normalized spacial score (nSPS) is 12.0. The van der Waals surface area contributed by atoms with Crippen LogP contribution < -0.4 is 16.2 Å². The fourth-order valence-corrected chi connectivity index (χ4v) is 3.85. The van der Waals surface area contributed by atoms with Crippen LogP contribution in [0.2, 0.25) is 5.02 Å². The molecular formula is C27H28ClN7O2. The topological polar surface area (TPSA) is 129 Å². The van der Waals surface area contributed by atoms with Crippen molar-refractivity contribution >= 4 is 40.1 Å². The Hall–Kier alpha value is -4.08. The molecule has 0 spiro atoms. The molecule has 0 saturated carbocycles. The summed E-state index contributed by atoms with van der Waals surface area (Å²) >= 11 is 6.10. The lowest BCUT2D eigenvalue weighted by molar-refractivity contribution is 0.0836. The number of allylic oxidation sites excluding steroid dienone is 1. The van der Waals surface area contributed by atoms with Crippen LogP contribution in [-0.4, -0.2) is 43.0 Å². The Labute approximate surface area is 219 Å². The number of benzene rings is 1. The van der Waals surface area contributed by atoms with E-state index >= 15 is 0 Å². The number of fused-ring (bicyclic) bond motifs is 1. The molecule has 3 aromatic heterocycles. The molecule has 4 rings (SSSR count). The SMILES string of the molecule is Cn1cc(-c2ccc3nc(/C(C=N)=C/NCC(C)(C)O)nc(NCc4cncc(Cl)c4)c3c2)ccc1=O. The van der Waals surface area contributed by atoms with E-state index < -0.39 is 5.60 Å². The molecule has 0 saturated heterocycles. The number of halogens is 1. The lowest BCUT2D eigenvalue weighted by Crippen LogP contribution is -2.32. The lowest BCUT2D eigenvalue weighted by Gasteiger charge is -2.17. The molecule has 0 aliphatic rings. The van der Waals surface area contributed by atoms with Crippen molar-refractivity contribution in [2.75, 3.05) is 11.9 Å². The van der Waals surface area contributed by atoms with Crippen molar-refractivity contribution in [3.63, 3.8) is 0 Å². The molecule has 9 nitrogen and oxygen atoms in total. The van der Waals surface area contributed by atoms with Gasteiger partial charge in [0.25, 0.3) is 0 Å². The van der Waals surface area contributed by atoms with Gasteiger partial charge in [-0.25, -0.2) is 9.97 Å². The van der Waals surface area contributed by atoms with E-state index in [1.54, 1.807) is 51.8 Å². The summed E-state index contributed by atoms with van der Waals surface area (Å²) in [6, 6.07) is 10.9. The molecule has 0 amide bonds. The molecular weight excluding hydrogens is 490 g/mol. The van der Waals surface area contributed by atoms with E-state index in [0.29, 0.717) is 40.8 Å². The standard InChI is InChI=1S/C27H28ClN7O2/c1-27(2,37)16-31-13-20(10-29)25-33-23-6-4-18(19-5-7-24(36)35(3)15-19)9-22(23)26(34-25)32-12-17-8-21(28)14-30-11-17/h4-11,13-15,29,31,37H,12,16H2,1-3H3,(H,32,33,34)/b20-13+,29-10?. The number of aromatic nitrogens is 4. The number of aliphatic hydroxyl groups is 1. The predicted octanol–water partition coefficient (Wildman–Crippen LogP) is 4.01. The van der Waals surface area contributed by atoms with Crippen LogP contribution >= 0.6 is 11.6 Å². The lowest BCUT2D eigenvalue weighted by atomic mass is 10.0. The van der Waals surface area contributed by atoms with Crippen LogP contribution in [0.15, 0.2) is 66.0 Å². The Morgan fingerprint density at radius 2 is 1.95 bits per heavy atom. The van der Waals surface area contributed by atoms with Crippen LogP contribution in [0.25, 0.3) is 27.6 Å². The van der Waals surface area contributed by atoms with E-state index in [4.69, 9.17) is 27.0 Å². The first-order chi connectivity index (χ1) is 17.6. The third kappa shape index (κ3) is 6.58. The van der Waals surface area contributed by atoms with Crippen molar-refractivity contribution in [2.24, 2.45) is 7.05 Å². The molecule has 4 aromatic rings. The summed E-state index contributed by atoms with van der Waals surface area (Å²) < 4.78 is 1.53. The average Bonchev–Trinajstić information content (AvgIpc) is 2.86. The molecule has 4 N–H and O–H groups in total. The highest BCUT2D eigenvalue weighted by atomic mass is 35.5. The van der Waals surface area contributed by atoms with E-state index in [9.17, 15) is 9.90 Å². The number of pyridine rings is 2. The van der Waals surface area contributed by atoms with Gasteiger partial charge in [0.2, 0.25) is 5.56 Å². The first-order valence-electron chi connectivity index (χ1n) is 11.6. The summed E-state index contributed by atoms with van der Waals surface area (Å²) in [6.07, 6.45) is 7.87. The van der Waals surface area contributed by atoms with Crippen LogP contribution in [0, 0.1) is 5.41 Å². The minimum Gasteiger partial charge on any atom is -0.389 e. The maximum absolute atomic E-state index is 11.8. The second-order valence-corrected chi connectivity index (χ2v) is 9.73. The fourth-order valence-electron chi connectivity index (χ4n) is 3.66. The zero-order valence-corrected chi connectivity index (χ0v) is 21.5. The number of hydrogen-bond acceptors (Lipinski definition) is 8. The van der Waals surface area contributed by atoms with Crippen LogP contribution in [0.5, 0.6) is 0 Å². The Bertz CT molecular complexity index is 1540. The molecule has 0 unspecified atom stereocenters. The van der Waals surface area contributed by atoms with E-state index in [0.717, 1.165) is 22.1 Å². The summed E-state index contributed by atoms with van der Waals surface area (Å²) in [5, 5.41) is 25.6. The summed E-state index contributed by atoms with van der Waals surface area (Å²) in [7, 11) is 1.71. The molecule has 37 heavy (non-hydrogen) atoms. The zero-order valence-electron chi connectivity index (χ0n) is 20.8. The molecule has 0 radical (unpaired) electrons. The first kappa shape index (κ1) is 26.0. The molecule has 0 bridgehead atoms. The second kappa shape index (κ2) is 10.9.